The average Bonchev–Trinajstić information content (AvgIpc) is 2.51. The largest absolute Gasteiger partial charge is 0.354 e. The molecule has 6 nitrogen and oxygen atoms in total. The molecule has 2 aromatic carbocycles. The van der Waals surface area contributed by atoms with Crippen LogP contribution in [0.15, 0.2) is 42.5 Å². The Balaban J connectivity index is 2.16. The summed E-state index contributed by atoms with van der Waals surface area (Å²) in [5.41, 5.74) is 3.22. The van der Waals surface area contributed by atoms with Gasteiger partial charge in [0.2, 0.25) is 0 Å². The maximum absolute atomic E-state index is 11.9. The fourth-order valence-corrected chi connectivity index (χ4v) is 2.00. The molecule has 2 N–H and O–H groups in total. The number of fused-ring (bicyclic) bond motifs is 1. The second kappa shape index (κ2) is 7.25. The van der Waals surface area contributed by atoms with E-state index in [0.717, 1.165) is 16.3 Å². The van der Waals surface area contributed by atoms with Gasteiger partial charge in [0.25, 0.3) is 0 Å². The molecule has 0 aromatic heterocycles. The fourth-order valence-electron chi connectivity index (χ4n) is 2.00. The number of rotatable bonds is 6. The van der Waals surface area contributed by atoms with Crippen LogP contribution in [0.4, 0.5) is 4.79 Å². The van der Waals surface area contributed by atoms with Crippen LogP contribution in [0.2, 0.25) is 0 Å². The van der Waals surface area contributed by atoms with Crippen molar-refractivity contribution < 1.29 is 14.4 Å². The topological polar surface area (TPSA) is 70.7 Å². The summed E-state index contributed by atoms with van der Waals surface area (Å²) in [6, 6.07) is 13.5. The lowest BCUT2D eigenvalue weighted by atomic mass is 10.1. The van der Waals surface area contributed by atoms with E-state index in [1.807, 2.05) is 49.4 Å². The number of nitrogens with zero attached hydrogens (tertiary/aromatic N) is 1. The summed E-state index contributed by atoms with van der Waals surface area (Å²) in [4.78, 5) is 26.6. The molecule has 0 aliphatic rings. The Morgan fingerprint density at radius 2 is 2.00 bits per heavy atom. The van der Waals surface area contributed by atoms with Crippen LogP contribution in [0, 0.1) is 0 Å². The standard InChI is InChI=1S/C15H17N3O3/c1-2-16-15(20)18(17-21-11-19)10-12-7-8-13-5-3-4-6-14(13)9-12/h3-9,11,17H,2,10H2,1H3,(H,16,20). The van der Waals surface area contributed by atoms with E-state index in [1.165, 1.54) is 5.01 Å². The molecule has 2 rings (SSSR count). The average molecular weight is 287 g/mol. The number of hydrogen-bond acceptors (Lipinski definition) is 4. The van der Waals surface area contributed by atoms with Gasteiger partial charge < -0.3 is 10.2 Å². The highest BCUT2D eigenvalue weighted by atomic mass is 16.7. The minimum absolute atomic E-state index is 0.229. The summed E-state index contributed by atoms with van der Waals surface area (Å²) in [6.45, 7) is 2.79. The van der Waals surface area contributed by atoms with Crippen LogP contribution < -0.4 is 10.9 Å². The van der Waals surface area contributed by atoms with Gasteiger partial charge in [-0.15, -0.1) is 0 Å². The zero-order valence-corrected chi connectivity index (χ0v) is 11.7. The summed E-state index contributed by atoms with van der Waals surface area (Å²) in [5.74, 6) is 0. The first kappa shape index (κ1) is 14.8. The Kier molecular flexibility index (Phi) is 5.11. The Morgan fingerprint density at radius 3 is 2.71 bits per heavy atom. The van der Waals surface area contributed by atoms with Crippen molar-refractivity contribution in [2.45, 2.75) is 13.5 Å². The van der Waals surface area contributed by atoms with Gasteiger partial charge >= 0.3 is 12.5 Å². The SMILES string of the molecule is CCNC(=O)N(Cc1ccc2ccccc2c1)NOC=O. The van der Waals surface area contributed by atoms with Gasteiger partial charge in [-0.3, -0.25) is 4.79 Å². The first-order chi connectivity index (χ1) is 10.2. The Bertz CT molecular complexity index is 630. The zero-order chi connectivity index (χ0) is 15.1. The second-order valence-corrected chi connectivity index (χ2v) is 4.41. The molecule has 0 bridgehead atoms. The van der Waals surface area contributed by atoms with Crippen molar-refractivity contribution in [1.82, 2.24) is 15.9 Å². The van der Waals surface area contributed by atoms with Crippen LogP contribution in [0.25, 0.3) is 10.8 Å². The predicted octanol–water partition coefficient (Wildman–Crippen LogP) is 1.96. The minimum atomic E-state index is -0.368. The van der Waals surface area contributed by atoms with Crippen LogP contribution >= 0.6 is 0 Å². The third-order valence-electron chi connectivity index (χ3n) is 2.94. The van der Waals surface area contributed by atoms with E-state index in [1.54, 1.807) is 0 Å². The van der Waals surface area contributed by atoms with Gasteiger partial charge in [0.15, 0.2) is 0 Å². The Morgan fingerprint density at radius 1 is 1.24 bits per heavy atom. The third-order valence-corrected chi connectivity index (χ3v) is 2.94. The Labute approximate surface area is 122 Å². The zero-order valence-electron chi connectivity index (χ0n) is 11.7. The lowest BCUT2D eigenvalue weighted by Gasteiger charge is -2.21. The number of nitrogens with one attached hydrogen (secondary N) is 2. The normalized spacial score (nSPS) is 10.1. The first-order valence-corrected chi connectivity index (χ1v) is 6.62. The molecule has 0 saturated heterocycles. The van der Waals surface area contributed by atoms with Crippen LogP contribution in [0.3, 0.4) is 0 Å². The van der Waals surface area contributed by atoms with E-state index in [2.05, 4.69) is 15.7 Å². The molecule has 21 heavy (non-hydrogen) atoms. The van der Waals surface area contributed by atoms with Crippen molar-refractivity contribution >= 4 is 23.3 Å². The third kappa shape index (κ3) is 3.93. The van der Waals surface area contributed by atoms with E-state index in [9.17, 15) is 9.59 Å². The van der Waals surface area contributed by atoms with Gasteiger partial charge in [0, 0.05) is 6.54 Å². The highest BCUT2D eigenvalue weighted by Gasteiger charge is 2.13. The molecular formula is C15H17N3O3. The van der Waals surface area contributed by atoms with Crippen molar-refractivity contribution in [3.8, 4) is 0 Å². The molecule has 6 heteroatoms. The molecular weight excluding hydrogens is 270 g/mol. The van der Waals surface area contributed by atoms with E-state index < -0.39 is 0 Å². The van der Waals surface area contributed by atoms with Crippen molar-refractivity contribution in [1.29, 1.82) is 0 Å². The molecule has 0 atom stereocenters. The summed E-state index contributed by atoms with van der Waals surface area (Å²) >= 11 is 0. The molecule has 0 radical (unpaired) electrons. The van der Waals surface area contributed by atoms with E-state index in [0.29, 0.717) is 6.54 Å². The van der Waals surface area contributed by atoms with Gasteiger partial charge in [-0.05, 0) is 29.3 Å². The quantitative estimate of drug-likeness (QED) is 0.629. The Hall–Kier alpha value is -2.60. The van der Waals surface area contributed by atoms with Gasteiger partial charge in [-0.2, -0.15) is 0 Å². The number of urea groups is 1. The lowest BCUT2D eigenvalue weighted by Crippen LogP contribution is -2.47. The fraction of sp³-hybridized carbons (Fsp3) is 0.200. The number of amides is 2. The molecule has 0 heterocycles. The van der Waals surface area contributed by atoms with Crippen LogP contribution in [0.1, 0.15) is 12.5 Å². The maximum Gasteiger partial charge on any atom is 0.334 e. The summed E-state index contributed by atoms with van der Waals surface area (Å²) in [7, 11) is 0. The van der Waals surface area contributed by atoms with Crippen LogP contribution in [-0.4, -0.2) is 24.1 Å². The van der Waals surface area contributed by atoms with Crippen molar-refractivity contribution in [3.05, 3.63) is 48.0 Å². The molecule has 0 fully saturated rings. The summed E-state index contributed by atoms with van der Waals surface area (Å²) in [6.07, 6.45) is 0. The lowest BCUT2D eigenvalue weighted by molar-refractivity contribution is -0.145. The predicted molar refractivity (Wildman–Crippen MR) is 78.8 cm³/mol. The summed E-state index contributed by atoms with van der Waals surface area (Å²) in [5, 5.41) is 6.05. The highest BCUT2D eigenvalue weighted by Crippen LogP contribution is 2.16. The van der Waals surface area contributed by atoms with Crippen molar-refractivity contribution in [2.75, 3.05) is 6.54 Å². The van der Waals surface area contributed by atoms with Gasteiger partial charge in [-0.25, -0.2) is 9.80 Å². The van der Waals surface area contributed by atoms with E-state index in [4.69, 9.17) is 0 Å². The number of hydrogen-bond donors (Lipinski definition) is 2. The van der Waals surface area contributed by atoms with Crippen molar-refractivity contribution in [2.24, 2.45) is 0 Å². The van der Waals surface area contributed by atoms with Gasteiger partial charge in [0.05, 0.1) is 6.54 Å². The number of carbonyl (C=O) groups is 2. The van der Waals surface area contributed by atoms with E-state index >= 15 is 0 Å². The molecule has 0 saturated carbocycles. The molecule has 0 aliphatic heterocycles. The number of hydrazine groups is 1. The first-order valence-electron chi connectivity index (χ1n) is 6.62. The second-order valence-electron chi connectivity index (χ2n) is 4.41. The summed E-state index contributed by atoms with van der Waals surface area (Å²) < 4.78 is 0. The smallest absolute Gasteiger partial charge is 0.334 e. The number of benzene rings is 2. The number of carbonyl (C=O) groups excluding carboxylic acids is 2. The van der Waals surface area contributed by atoms with Crippen molar-refractivity contribution in [3.63, 3.8) is 0 Å². The van der Waals surface area contributed by atoms with Crippen LogP contribution in [0.5, 0.6) is 0 Å². The molecule has 0 aliphatic carbocycles. The minimum Gasteiger partial charge on any atom is -0.354 e. The van der Waals surface area contributed by atoms with Crippen LogP contribution in [-0.2, 0) is 16.2 Å². The van der Waals surface area contributed by atoms with E-state index in [-0.39, 0.29) is 19.0 Å². The molecule has 0 spiro atoms. The molecule has 110 valence electrons. The highest BCUT2D eigenvalue weighted by molar-refractivity contribution is 5.83. The molecule has 2 amide bonds. The van der Waals surface area contributed by atoms with Gasteiger partial charge in [0.1, 0.15) is 0 Å². The van der Waals surface area contributed by atoms with Gasteiger partial charge in [-0.1, -0.05) is 42.0 Å². The maximum atomic E-state index is 11.9. The molecule has 0 unspecified atom stereocenters. The molecule has 2 aromatic rings. The monoisotopic (exact) mass is 287 g/mol.